The molecular formula is C19H21Cl2N3O. The van der Waals surface area contributed by atoms with Crippen LogP contribution in [0.15, 0.2) is 36.4 Å². The summed E-state index contributed by atoms with van der Waals surface area (Å²) in [6.45, 7) is 4.05. The van der Waals surface area contributed by atoms with Crippen molar-refractivity contribution < 1.29 is 4.74 Å². The molecule has 132 valence electrons. The number of nitrogens with zero attached hydrogens (tertiary/aromatic N) is 1. The van der Waals surface area contributed by atoms with Gasteiger partial charge in [0.2, 0.25) is 0 Å². The number of aryl methyl sites for hydroxylation is 1. The molecule has 0 aliphatic rings. The topological polar surface area (TPSA) is 49.9 Å². The third-order valence-electron chi connectivity index (χ3n) is 3.88. The van der Waals surface area contributed by atoms with Crippen LogP contribution < -0.4 is 10.1 Å². The predicted molar refractivity (Wildman–Crippen MR) is 104 cm³/mol. The Morgan fingerprint density at radius 3 is 2.64 bits per heavy atom. The second kappa shape index (κ2) is 8.56. The molecular weight excluding hydrogens is 357 g/mol. The summed E-state index contributed by atoms with van der Waals surface area (Å²) < 4.78 is 5.44. The van der Waals surface area contributed by atoms with E-state index >= 15 is 0 Å². The third kappa shape index (κ3) is 4.66. The van der Waals surface area contributed by atoms with Gasteiger partial charge in [-0.1, -0.05) is 35.3 Å². The summed E-state index contributed by atoms with van der Waals surface area (Å²) in [7, 11) is 0. The lowest BCUT2D eigenvalue weighted by atomic mass is 10.2. The maximum Gasteiger partial charge on any atom is 0.156 e. The number of fused-ring (bicyclic) bond motifs is 1. The number of nitrogens with one attached hydrogen (secondary N) is 2. The van der Waals surface area contributed by atoms with E-state index in [9.17, 15) is 0 Å². The van der Waals surface area contributed by atoms with Gasteiger partial charge in [0.15, 0.2) is 5.75 Å². The van der Waals surface area contributed by atoms with Gasteiger partial charge in [0, 0.05) is 13.0 Å². The minimum Gasteiger partial charge on any atom is -0.491 e. The van der Waals surface area contributed by atoms with Crippen LogP contribution in [0.5, 0.6) is 5.75 Å². The molecule has 0 unspecified atom stereocenters. The molecule has 0 radical (unpaired) electrons. The van der Waals surface area contributed by atoms with Gasteiger partial charge in [-0.3, -0.25) is 0 Å². The average Bonchev–Trinajstić information content (AvgIpc) is 3.00. The van der Waals surface area contributed by atoms with Gasteiger partial charge in [-0.05, 0) is 49.7 Å². The van der Waals surface area contributed by atoms with Gasteiger partial charge < -0.3 is 15.0 Å². The number of hydrogen-bond acceptors (Lipinski definition) is 3. The van der Waals surface area contributed by atoms with Crippen molar-refractivity contribution in [3.05, 3.63) is 57.8 Å². The number of benzene rings is 2. The maximum atomic E-state index is 6.22. The lowest BCUT2D eigenvalue weighted by molar-refractivity contribution is 0.340. The Balaban J connectivity index is 1.47. The van der Waals surface area contributed by atoms with Crippen LogP contribution in [0, 0.1) is 0 Å². The molecule has 0 atom stereocenters. The van der Waals surface area contributed by atoms with Crippen LogP contribution in [0.25, 0.3) is 11.0 Å². The summed E-state index contributed by atoms with van der Waals surface area (Å²) in [4.78, 5) is 7.94. The zero-order chi connectivity index (χ0) is 17.6. The largest absolute Gasteiger partial charge is 0.491 e. The number of ether oxygens (including phenoxy) is 1. The molecule has 0 spiro atoms. The van der Waals surface area contributed by atoms with Crippen LogP contribution in [-0.2, 0) is 13.0 Å². The summed E-state index contributed by atoms with van der Waals surface area (Å²) in [6, 6.07) is 11.9. The highest BCUT2D eigenvalue weighted by Gasteiger charge is 2.09. The summed E-state index contributed by atoms with van der Waals surface area (Å²) in [6.07, 6.45) is 1.91. The minimum absolute atomic E-state index is 0.541. The molecule has 0 bridgehead atoms. The number of H-pyrrole nitrogens is 1. The number of imidazole rings is 1. The van der Waals surface area contributed by atoms with Gasteiger partial charge >= 0.3 is 0 Å². The van der Waals surface area contributed by atoms with Crippen molar-refractivity contribution in [2.45, 2.75) is 26.3 Å². The number of halogens is 2. The second-order valence-corrected chi connectivity index (χ2v) is 6.62. The molecule has 6 heteroatoms. The molecule has 0 aliphatic heterocycles. The van der Waals surface area contributed by atoms with Crippen molar-refractivity contribution in [2.75, 3.05) is 13.2 Å². The highest BCUT2D eigenvalue weighted by molar-refractivity contribution is 6.37. The summed E-state index contributed by atoms with van der Waals surface area (Å²) in [5.74, 6) is 1.58. The first-order chi connectivity index (χ1) is 12.2. The summed E-state index contributed by atoms with van der Waals surface area (Å²) >= 11 is 12.4. The van der Waals surface area contributed by atoms with Crippen molar-refractivity contribution in [3.63, 3.8) is 0 Å². The van der Waals surface area contributed by atoms with Crippen molar-refractivity contribution in [3.8, 4) is 5.75 Å². The van der Waals surface area contributed by atoms with Crippen molar-refractivity contribution in [2.24, 2.45) is 0 Å². The summed E-state index contributed by atoms with van der Waals surface area (Å²) in [5, 5.41) is 4.51. The minimum atomic E-state index is 0.541. The van der Waals surface area contributed by atoms with Gasteiger partial charge in [0.05, 0.1) is 27.7 Å². The Labute approximate surface area is 157 Å². The standard InChI is InChI=1S/C19H21Cl2N3O/c1-2-25-19-14(20)10-13(11-15(19)21)12-22-9-5-8-18-23-16-6-3-4-7-17(16)24-18/h3-4,6-7,10-11,22H,2,5,8-9,12H2,1H3,(H,23,24). The van der Waals surface area contributed by atoms with Crippen LogP contribution in [0.2, 0.25) is 10.0 Å². The molecule has 4 nitrogen and oxygen atoms in total. The van der Waals surface area contributed by atoms with Crippen LogP contribution in [0.1, 0.15) is 24.7 Å². The molecule has 0 fully saturated rings. The maximum absolute atomic E-state index is 6.22. The fourth-order valence-corrected chi connectivity index (χ4v) is 3.38. The molecule has 2 N–H and O–H groups in total. The van der Waals surface area contributed by atoms with E-state index in [1.807, 2.05) is 43.3 Å². The Morgan fingerprint density at radius 2 is 1.92 bits per heavy atom. The number of rotatable bonds is 8. The highest BCUT2D eigenvalue weighted by Crippen LogP contribution is 2.34. The van der Waals surface area contributed by atoms with E-state index in [2.05, 4.69) is 15.3 Å². The highest BCUT2D eigenvalue weighted by atomic mass is 35.5. The predicted octanol–water partition coefficient (Wildman–Crippen LogP) is 4.99. The van der Waals surface area contributed by atoms with Crippen molar-refractivity contribution in [1.29, 1.82) is 0 Å². The Hall–Kier alpha value is -1.75. The Bertz CT molecular complexity index is 792. The van der Waals surface area contributed by atoms with Gasteiger partial charge in [-0.15, -0.1) is 0 Å². The fraction of sp³-hybridized carbons (Fsp3) is 0.316. The number of para-hydroxylation sites is 2. The quantitative estimate of drug-likeness (QED) is 0.543. The van der Waals surface area contributed by atoms with Crippen LogP contribution in [0.4, 0.5) is 0 Å². The van der Waals surface area contributed by atoms with E-state index in [1.165, 1.54) is 0 Å². The second-order valence-electron chi connectivity index (χ2n) is 5.80. The van der Waals surface area contributed by atoms with Gasteiger partial charge in [0.1, 0.15) is 5.82 Å². The first kappa shape index (κ1) is 18.1. The molecule has 0 saturated carbocycles. The normalized spacial score (nSPS) is 11.2. The SMILES string of the molecule is CCOc1c(Cl)cc(CNCCCc2nc3ccccc3[nH]2)cc1Cl. The average molecular weight is 378 g/mol. The molecule has 0 amide bonds. The van der Waals surface area contributed by atoms with E-state index < -0.39 is 0 Å². The Kier molecular flexibility index (Phi) is 6.19. The first-order valence-electron chi connectivity index (χ1n) is 8.42. The molecule has 3 rings (SSSR count). The zero-order valence-corrected chi connectivity index (χ0v) is 15.6. The number of hydrogen-bond donors (Lipinski definition) is 2. The molecule has 25 heavy (non-hydrogen) atoms. The van der Waals surface area contributed by atoms with Crippen molar-refractivity contribution >= 4 is 34.2 Å². The Morgan fingerprint density at radius 1 is 1.16 bits per heavy atom. The van der Waals surface area contributed by atoms with Crippen molar-refractivity contribution in [1.82, 2.24) is 15.3 Å². The van der Waals surface area contributed by atoms with E-state index in [-0.39, 0.29) is 0 Å². The van der Waals surface area contributed by atoms with Gasteiger partial charge in [0.25, 0.3) is 0 Å². The van der Waals surface area contributed by atoms with Gasteiger partial charge in [-0.2, -0.15) is 0 Å². The van der Waals surface area contributed by atoms with Crippen LogP contribution in [0.3, 0.4) is 0 Å². The number of aromatic amines is 1. The smallest absolute Gasteiger partial charge is 0.156 e. The molecule has 0 saturated heterocycles. The monoisotopic (exact) mass is 377 g/mol. The third-order valence-corrected chi connectivity index (χ3v) is 4.44. The zero-order valence-electron chi connectivity index (χ0n) is 14.1. The lowest BCUT2D eigenvalue weighted by Crippen LogP contribution is -2.15. The lowest BCUT2D eigenvalue weighted by Gasteiger charge is -2.11. The molecule has 0 aliphatic carbocycles. The molecule has 2 aromatic carbocycles. The van der Waals surface area contributed by atoms with Gasteiger partial charge in [-0.25, -0.2) is 4.98 Å². The van der Waals surface area contributed by atoms with E-state index in [0.29, 0.717) is 28.9 Å². The molecule has 1 heterocycles. The fourth-order valence-electron chi connectivity index (χ4n) is 2.73. The number of aromatic nitrogens is 2. The van der Waals surface area contributed by atoms with E-state index in [0.717, 1.165) is 41.8 Å². The first-order valence-corrected chi connectivity index (χ1v) is 9.18. The van der Waals surface area contributed by atoms with Crippen LogP contribution in [-0.4, -0.2) is 23.1 Å². The van der Waals surface area contributed by atoms with E-state index in [1.54, 1.807) is 0 Å². The van der Waals surface area contributed by atoms with E-state index in [4.69, 9.17) is 27.9 Å². The van der Waals surface area contributed by atoms with Crippen LogP contribution >= 0.6 is 23.2 Å². The molecule has 3 aromatic rings. The molecule has 1 aromatic heterocycles. The summed E-state index contributed by atoms with van der Waals surface area (Å²) in [5.41, 5.74) is 3.15.